The number of carbonyl (C=O) groups excluding carboxylic acids is 1. The summed E-state index contributed by atoms with van der Waals surface area (Å²) >= 11 is 0. The number of aliphatic carboxylic acids is 2. The van der Waals surface area contributed by atoms with E-state index in [0.29, 0.717) is 31.0 Å². The standard InChI is InChI=1S/C21H27N7O6/c1-28-13(10-24-17-16(28)19(32)27-21(22)26-17)8-9-23-12-4-2-11(3-5-12)18(31)25-14(20(33)34)6-7-15(29)30/h2-5,13-14,23H,6-10H2,1H3,(H,25,31)(H,29,30)(H,33,34)(H4,22,24,26,27,32)/t13?,14-/m0/s1. The molecule has 0 bridgehead atoms. The monoisotopic (exact) mass is 473 g/mol. The van der Waals surface area contributed by atoms with E-state index in [1.54, 1.807) is 24.3 Å². The summed E-state index contributed by atoms with van der Waals surface area (Å²) in [6, 6.07) is 5.23. The van der Waals surface area contributed by atoms with Gasteiger partial charge >= 0.3 is 11.9 Å². The number of aromatic amines is 1. The van der Waals surface area contributed by atoms with E-state index < -0.39 is 23.9 Å². The Balaban J connectivity index is 1.52. The molecule has 0 spiro atoms. The van der Waals surface area contributed by atoms with E-state index in [1.165, 1.54) is 0 Å². The molecule has 182 valence electrons. The van der Waals surface area contributed by atoms with Gasteiger partial charge in [0.25, 0.3) is 11.5 Å². The minimum absolute atomic E-state index is 0.0373. The van der Waals surface area contributed by atoms with Crippen LogP contribution in [0.1, 0.15) is 29.6 Å². The van der Waals surface area contributed by atoms with Gasteiger partial charge in [-0.25, -0.2) is 4.79 Å². The molecule has 0 saturated carbocycles. The number of benzene rings is 1. The van der Waals surface area contributed by atoms with Crippen molar-refractivity contribution in [3.63, 3.8) is 0 Å². The van der Waals surface area contributed by atoms with Crippen molar-refractivity contribution in [3.8, 4) is 0 Å². The molecular weight excluding hydrogens is 446 g/mol. The first kappa shape index (κ1) is 24.4. The minimum Gasteiger partial charge on any atom is -0.481 e. The van der Waals surface area contributed by atoms with Crippen molar-refractivity contribution in [1.29, 1.82) is 0 Å². The van der Waals surface area contributed by atoms with Crippen LogP contribution < -0.4 is 32.1 Å². The number of nitrogen functional groups attached to an aromatic ring is 1. The first-order valence-electron chi connectivity index (χ1n) is 10.6. The van der Waals surface area contributed by atoms with Crippen LogP contribution in [0, 0.1) is 0 Å². The highest BCUT2D eigenvalue weighted by atomic mass is 16.4. The van der Waals surface area contributed by atoms with E-state index in [-0.39, 0.29) is 36.0 Å². The smallest absolute Gasteiger partial charge is 0.326 e. The molecule has 1 amide bonds. The Hall–Kier alpha value is -4.29. The van der Waals surface area contributed by atoms with Crippen LogP contribution in [0.2, 0.25) is 0 Å². The summed E-state index contributed by atoms with van der Waals surface area (Å²) in [5.74, 6) is -2.52. The second-order valence-corrected chi connectivity index (χ2v) is 7.88. The average Bonchev–Trinajstić information content (AvgIpc) is 2.77. The summed E-state index contributed by atoms with van der Waals surface area (Å²) in [5, 5.41) is 26.6. The van der Waals surface area contributed by atoms with Gasteiger partial charge in [0.1, 0.15) is 11.7 Å². The molecule has 3 rings (SSSR count). The largest absolute Gasteiger partial charge is 0.481 e. The molecule has 0 radical (unpaired) electrons. The highest BCUT2D eigenvalue weighted by Gasteiger charge is 2.27. The molecule has 0 fully saturated rings. The molecule has 1 unspecified atom stereocenters. The average molecular weight is 473 g/mol. The van der Waals surface area contributed by atoms with Gasteiger partial charge in [-0.3, -0.25) is 19.4 Å². The summed E-state index contributed by atoms with van der Waals surface area (Å²) in [5.41, 5.74) is 6.73. The van der Waals surface area contributed by atoms with E-state index >= 15 is 0 Å². The molecule has 1 aromatic carbocycles. The van der Waals surface area contributed by atoms with E-state index in [1.807, 2.05) is 11.9 Å². The number of nitrogens with two attached hydrogens (primary N) is 1. The number of hydrogen-bond acceptors (Lipinski definition) is 9. The van der Waals surface area contributed by atoms with Crippen LogP contribution in [0.3, 0.4) is 0 Å². The topological polar surface area (TPSA) is 203 Å². The van der Waals surface area contributed by atoms with E-state index in [4.69, 9.17) is 10.8 Å². The van der Waals surface area contributed by atoms with Crippen LogP contribution in [0.4, 0.5) is 23.1 Å². The fraction of sp³-hybridized carbons (Fsp3) is 0.381. The van der Waals surface area contributed by atoms with Gasteiger partial charge in [-0.15, -0.1) is 0 Å². The summed E-state index contributed by atoms with van der Waals surface area (Å²) in [4.78, 5) is 55.0. The Bertz CT molecular complexity index is 1120. The molecule has 2 heterocycles. The number of likely N-dealkylation sites (N-methyl/N-ethyl adjacent to an activating group) is 1. The van der Waals surface area contributed by atoms with Crippen LogP contribution in [0.15, 0.2) is 29.1 Å². The van der Waals surface area contributed by atoms with Crippen LogP contribution in [0.25, 0.3) is 0 Å². The Kier molecular flexibility index (Phi) is 7.56. The number of nitrogens with zero attached hydrogens (tertiary/aromatic N) is 2. The maximum Gasteiger partial charge on any atom is 0.326 e. The predicted octanol–water partition coefficient (Wildman–Crippen LogP) is 0.132. The third-order valence-electron chi connectivity index (χ3n) is 5.52. The number of amides is 1. The molecule has 1 aliphatic rings. The minimum atomic E-state index is -1.29. The van der Waals surface area contributed by atoms with Crippen LogP contribution in [0.5, 0.6) is 0 Å². The lowest BCUT2D eigenvalue weighted by Gasteiger charge is -2.35. The molecule has 8 N–H and O–H groups in total. The molecule has 0 aliphatic carbocycles. The highest BCUT2D eigenvalue weighted by molar-refractivity contribution is 5.96. The van der Waals surface area contributed by atoms with Gasteiger partial charge in [-0.05, 0) is 37.1 Å². The predicted molar refractivity (Wildman–Crippen MR) is 125 cm³/mol. The molecule has 1 aromatic heterocycles. The second kappa shape index (κ2) is 10.6. The molecule has 1 aliphatic heterocycles. The Morgan fingerprint density at radius 3 is 2.62 bits per heavy atom. The third kappa shape index (κ3) is 5.94. The van der Waals surface area contributed by atoms with Crippen LogP contribution in [-0.4, -0.2) is 70.2 Å². The maximum absolute atomic E-state index is 12.3. The quantitative estimate of drug-likeness (QED) is 0.247. The lowest BCUT2D eigenvalue weighted by molar-refractivity contribution is -0.140. The maximum atomic E-state index is 12.3. The normalized spacial score (nSPS) is 15.6. The fourth-order valence-corrected chi connectivity index (χ4v) is 3.65. The Morgan fingerprint density at radius 2 is 1.97 bits per heavy atom. The number of H-pyrrole nitrogens is 1. The fourth-order valence-electron chi connectivity index (χ4n) is 3.65. The molecule has 0 saturated heterocycles. The van der Waals surface area contributed by atoms with Gasteiger partial charge in [-0.1, -0.05) is 0 Å². The summed E-state index contributed by atoms with van der Waals surface area (Å²) in [7, 11) is 1.83. The number of fused-ring (bicyclic) bond motifs is 1. The van der Waals surface area contributed by atoms with Crippen molar-refractivity contribution < 1.29 is 24.6 Å². The van der Waals surface area contributed by atoms with E-state index in [2.05, 4.69) is 25.9 Å². The SMILES string of the molecule is CN1c2c(nc(N)[nH]c2=O)NCC1CCNc1ccc(C(=O)N[C@@H](CCC(=O)O)C(=O)O)cc1. The zero-order valence-electron chi connectivity index (χ0n) is 18.5. The van der Waals surface area contributed by atoms with E-state index in [0.717, 1.165) is 5.69 Å². The molecule has 2 atom stereocenters. The van der Waals surface area contributed by atoms with Gasteiger partial charge < -0.3 is 36.8 Å². The van der Waals surface area contributed by atoms with Crippen molar-refractivity contribution >= 4 is 41.0 Å². The van der Waals surface area contributed by atoms with E-state index in [9.17, 15) is 24.3 Å². The molecule has 13 heteroatoms. The Morgan fingerprint density at radius 1 is 1.26 bits per heavy atom. The lowest BCUT2D eigenvalue weighted by Crippen LogP contribution is -2.45. The van der Waals surface area contributed by atoms with Crippen molar-refractivity contribution in [1.82, 2.24) is 15.3 Å². The van der Waals surface area contributed by atoms with Crippen LogP contribution >= 0.6 is 0 Å². The number of rotatable bonds is 10. The molecule has 2 aromatic rings. The number of carboxylic acids is 2. The first-order valence-corrected chi connectivity index (χ1v) is 10.6. The van der Waals surface area contributed by atoms with Crippen LogP contribution in [-0.2, 0) is 9.59 Å². The van der Waals surface area contributed by atoms with Gasteiger partial charge in [0.15, 0.2) is 5.82 Å². The third-order valence-corrected chi connectivity index (χ3v) is 5.52. The number of nitrogens with one attached hydrogen (secondary N) is 4. The van der Waals surface area contributed by atoms with Gasteiger partial charge in [-0.2, -0.15) is 4.98 Å². The molecular formula is C21H27N7O6. The van der Waals surface area contributed by atoms with Crippen molar-refractivity contribution in [3.05, 3.63) is 40.2 Å². The summed E-state index contributed by atoms with van der Waals surface area (Å²) < 4.78 is 0. The van der Waals surface area contributed by atoms with Crippen molar-refractivity contribution in [2.24, 2.45) is 0 Å². The second-order valence-electron chi connectivity index (χ2n) is 7.88. The number of carboxylic acid groups (broad SMARTS) is 2. The first-order chi connectivity index (χ1) is 16.2. The lowest BCUT2D eigenvalue weighted by atomic mass is 10.1. The van der Waals surface area contributed by atoms with Gasteiger partial charge in [0.2, 0.25) is 5.95 Å². The number of anilines is 4. The number of aromatic nitrogens is 2. The Labute approximate surface area is 194 Å². The molecule has 34 heavy (non-hydrogen) atoms. The molecule has 13 nitrogen and oxygen atoms in total. The summed E-state index contributed by atoms with van der Waals surface area (Å²) in [6.45, 7) is 1.18. The highest BCUT2D eigenvalue weighted by Crippen LogP contribution is 2.26. The zero-order valence-corrected chi connectivity index (χ0v) is 18.5. The van der Waals surface area contributed by atoms with Crippen molar-refractivity contribution in [2.45, 2.75) is 31.3 Å². The summed E-state index contributed by atoms with van der Waals surface area (Å²) in [6.07, 6.45) is 0.134. The van der Waals surface area contributed by atoms with Gasteiger partial charge in [0, 0.05) is 43.9 Å². The number of carbonyl (C=O) groups is 3. The number of hydrogen-bond donors (Lipinski definition) is 7. The van der Waals surface area contributed by atoms with Crippen molar-refractivity contribution in [2.75, 3.05) is 41.4 Å². The zero-order chi connectivity index (χ0) is 24.8. The van der Waals surface area contributed by atoms with Gasteiger partial charge in [0.05, 0.1) is 0 Å².